The molecule has 1 heterocycles. The average molecular weight is 197 g/mol. The van der Waals surface area contributed by atoms with Crippen molar-refractivity contribution in [2.45, 2.75) is 12.1 Å². The van der Waals surface area contributed by atoms with Crippen LogP contribution in [0.4, 0.5) is 4.39 Å². The molecule has 0 aromatic heterocycles. The molecule has 0 unspecified atom stereocenters. The van der Waals surface area contributed by atoms with Gasteiger partial charge in [0.05, 0.1) is 19.3 Å². The zero-order valence-corrected chi connectivity index (χ0v) is 7.65. The normalized spacial score (nSPS) is 26.4. The largest absolute Gasteiger partial charge is 0.486 e. The lowest BCUT2D eigenvalue weighted by Gasteiger charge is -2.15. The van der Waals surface area contributed by atoms with Gasteiger partial charge in [0.25, 0.3) is 0 Å². The lowest BCUT2D eigenvalue weighted by Crippen LogP contribution is -2.37. The fourth-order valence-corrected chi connectivity index (χ4v) is 1.36. The maximum Gasteiger partial charge on any atom is 0.139 e. The van der Waals surface area contributed by atoms with Crippen LogP contribution >= 0.6 is 0 Å². The number of benzene rings is 1. The standard InChI is InChI=1S/C10H12FNO2/c11-7-1-3-8(4-2-7)14-10-6-13-5-9(10)12/h1-4,9-10H,5-6,12H2/t9-,10+/m0/s1. The molecule has 1 aromatic rings. The highest BCUT2D eigenvalue weighted by atomic mass is 19.1. The lowest BCUT2D eigenvalue weighted by molar-refractivity contribution is 0.140. The van der Waals surface area contributed by atoms with Gasteiger partial charge >= 0.3 is 0 Å². The van der Waals surface area contributed by atoms with Gasteiger partial charge in [0.1, 0.15) is 17.7 Å². The van der Waals surface area contributed by atoms with Crippen LogP contribution in [0.1, 0.15) is 0 Å². The van der Waals surface area contributed by atoms with E-state index in [0.29, 0.717) is 19.0 Å². The van der Waals surface area contributed by atoms with Crippen LogP contribution < -0.4 is 10.5 Å². The van der Waals surface area contributed by atoms with Crippen molar-refractivity contribution in [1.82, 2.24) is 0 Å². The molecule has 1 fully saturated rings. The first-order valence-corrected chi connectivity index (χ1v) is 4.51. The van der Waals surface area contributed by atoms with Crippen molar-refractivity contribution in [3.8, 4) is 5.75 Å². The third-order valence-corrected chi connectivity index (χ3v) is 2.17. The molecule has 0 radical (unpaired) electrons. The SMILES string of the molecule is N[C@H]1COC[C@H]1Oc1ccc(F)cc1. The maximum absolute atomic E-state index is 12.6. The number of nitrogens with two attached hydrogens (primary N) is 1. The van der Waals surface area contributed by atoms with Gasteiger partial charge in [-0.05, 0) is 24.3 Å². The Balaban J connectivity index is 2.00. The van der Waals surface area contributed by atoms with E-state index in [1.54, 1.807) is 12.1 Å². The highest BCUT2D eigenvalue weighted by molar-refractivity contribution is 5.22. The van der Waals surface area contributed by atoms with Gasteiger partial charge in [0.15, 0.2) is 0 Å². The zero-order chi connectivity index (χ0) is 9.97. The van der Waals surface area contributed by atoms with Gasteiger partial charge < -0.3 is 15.2 Å². The van der Waals surface area contributed by atoms with Crippen molar-refractivity contribution in [1.29, 1.82) is 0 Å². The van der Waals surface area contributed by atoms with E-state index < -0.39 is 0 Å². The highest BCUT2D eigenvalue weighted by Gasteiger charge is 2.26. The summed E-state index contributed by atoms with van der Waals surface area (Å²) >= 11 is 0. The van der Waals surface area contributed by atoms with E-state index in [0.717, 1.165) is 0 Å². The second-order valence-electron chi connectivity index (χ2n) is 3.31. The minimum Gasteiger partial charge on any atom is -0.486 e. The number of hydrogen-bond donors (Lipinski definition) is 1. The van der Waals surface area contributed by atoms with Gasteiger partial charge in [0, 0.05) is 0 Å². The van der Waals surface area contributed by atoms with Crippen molar-refractivity contribution < 1.29 is 13.9 Å². The smallest absolute Gasteiger partial charge is 0.139 e. The molecule has 1 aromatic carbocycles. The van der Waals surface area contributed by atoms with Crippen molar-refractivity contribution in [3.05, 3.63) is 30.1 Å². The Morgan fingerprint density at radius 3 is 2.57 bits per heavy atom. The first-order valence-electron chi connectivity index (χ1n) is 4.51. The van der Waals surface area contributed by atoms with Gasteiger partial charge in [-0.3, -0.25) is 0 Å². The van der Waals surface area contributed by atoms with Crippen LogP contribution in [0.15, 0.2) is 24.3 Å². The molecular formula is C10H12FNO2. The Morgan fingerprint density at radius 1 is 1.29 bits per heavy atom. The first kappa shape index (κ1) is 9.43. The molecule has 4 heteroatoms. The van der Waals surface area contributed by atoms with Crippen LogP contribution in [0.2, 0.25) is 0 Å². The van der Waals surface area contributed by atoms with Crippen LogP contribution in [-0.4, -0.2) is 25.4 Å². The lowest BCUT2D eigenvalue weighted by atomic mass is 10.2. The molecule has 0 bridgehead atoms. The molecule has 3 nitrogen and oxygen atoms in total. The van der Waals surface area contributed by atoms with Gasteiger partial charge in [-0.1, -0.05) is 0 Å². The van der Waals surface area contributed by atoms with E-state index in [-0.39, 0.29) is 18.0 Å². The van der Waals surface area contributed by atoms with Crippen LogP contribution in [0.25, 0.3) is 0 Å². The molecule has 0 aliphatic carbocycles. The minimum atomic E-state index is -0.274. The van der Waals surface area contributed by atoms with E-state index in [9.17, 15) is 4.39 Å². The number of hydrogen-bond acceptors (Lipinski definition) is 3. The monoisotopic (exact) mass is 197 g/mol. The fourth-order valence-electron chi connectivity index (χ4n) is 1.36. The van der Waals surface area contributed by atoms with Crippen LogP contribution in [0, 0.1) is 5.82 Å². The summed E-state index contributed by atoms with van der Waals surface area (Å²) < 4.78 is 23.2. The Morgan fingerprint density at radius 2 is 2.00 bits per heavy atom. The molecule has 2 atom stereocenters. The summed E-state index contributed by atoms with van der Waals surface area (Å²) in [5.74, 6) is 0.349. The van der Waals surface area contributed by atoms with Crippen LogP contribution in [0.5, 0.6) is 5.75 Å². The molecule has 0 saturated carbocycles. The molecule has 76 valence electrons. The van der Waals surface area contributed by atoms with E-state index >= 15 is 0 Å². The summed E-state index contributed by atoms with van der Waals surface area (Å²) in [5, 5.41) is 0. The molecule has 1 saturated heterocycles. The number of ether oxygens (including phenoxy) is 2. The predicted molar refractivity (Wildman–Crippen MR) is 49.6 cm³/mol. The third-order valence-electron chi connectivity index (χ3n) is 2.17. The summed E-state index contributed by atoms with van der Waals surface area (Å²) in [6.07, 6.45) is -0.125. The number of halogens is 1. The van der Waals surface area contributed by atoms with Crippen LogP contribution in [-0.2, 0) is 4.74 Å². The van der Waals surface area contributed by atoms with Crippen molar-refractivity contribution >= 4 is 0 Å². The van der Waals surface area contributed by atoms with Crippen molar-refractivity contribution in [3.63, 3.8) is 0 Å². The summed E-state index contributed by atoms with van der Waals surface area (Å²) in [7, 11) is 0. The molecule has 2 rings (SSSR count). The van der Waals surface area contributed by atoms with Crippen molar-refractivity contribution in [2.24, 2.45) is 5.73 Å². The second kappa shape index (κ2) is 3.94. The molecule has 1 aliphatic heterocycles. The van der Waals surface area contributed by atoms with Gasteiger partial charge in [0.2, 0.25) is 0 Å². The summed E-state index contributed by atoms with van der Waals surface area (Å²) in [6, 6.07) is 5.79. The molecule has 14 heavy (non-hydrogen) atoms. The Kier molecular flexibility index (Phi) is 2.65. The summed E-state index contributed by atoms with van der Waals surface area (Å²) in [6.45, 7) is 1.02. The Bertz CT molecular complexity index is 301. The van der Waals surface area contributed by atoms with Crippen molar-refractivity contribution in [2.75, 3.05) is 13.2 Å². The van der Waals surface area contributed by atoms with E-state index in [1.807, 2.05) is 0 Å². The topological polar surface area (TPSA) is 44.5 Å². The first-order chi connectivity index (χ1) is 6.75. The predicted octanol–water partition coefficient (Wildman–Crippen LogP) is 0.931. The zero-order valence-electron chi connectivity index (χ0n) is 7.65. The summed E-state index contributed by atoms with van der Waals surface area (Å²) in [5.41, 5.74) is 5.73. The Hall–Kier alpha value is -1.13. The van der Waals surface area contributed by atoms with Gasteiger partial charge in [-0.25, -0.2) is 4.39 Å². The molecular weight excluding hydrogens is 185 g/mol. The molecule has 1 aliphatic rings. The molecule has 2 N–H and O–H groups in total. The van der Waals surface area contributed by atoms with Gasteiger partial charge in [-0.2, -0.15) is 0 Å². The third kappa shape index (κ3) is 2.02. The molecule has 0 spiro atoms. The van der Waals surface area contributed by atoms with E-state index in [2.05, 4.69) is 0 Å². The minimum absolute atomic E-state index is 0.0972. The van der Waals surface area contributed by atoms with E-state index in [4.69, 9.17) is 15.2 Å². The quantitative estimate of drug-likeness (QED) is 0.767. The maximum atomic E-state index is 12.6. The second-order valence-corrected chi connectivity index (χ2v) is 3.31. The molecule has 0 amide bonds. The van der Waals surface area contributed by atoms with Gasteiger partial charge in [-0.15, -0.1) is 0 Å². The number of rotatable bonds is 2. The average Bonchev–Trinajstić information content (AvgIpc) is 2.56. The fraction of sp³-hybridized carbons (Fsp3) is 0.400. The van der Waals surface area contributed by atoms with E-state index in [1.165, 1.54) is 12.1 Å². The summed E-state index contributed by atoms with van der Waals surface area (Å²) in [4.78, 5) is 0. The Labute approximate surface area is 81.6 Å². The highest BCUT2D eigenvalue weighted by Crippen LogP contribution is 2.16. The van der Waals surface area contributed by atoms with Crippen LogP contribution in [0.3, 0.4) is 0 Å².